The van der Waals surface area contributed by atoms with E-state index in [2.05, 4.69) is 11.8 Å². The molecular formula is C14H17ClO3S. The summed E-state index contributed by atoms with van der Waals surface area (Å²) in [5.74, 6) is 7.28. The molecule has 0 aliphatic carbocycles. The van der Waals surface area contributed by atoms with Gasteiger partial charge >= 0.3 is 0 Å². The molecular weight excluding hydrogens is 284 g/mol. The summed E-state index contributed by atoms with van der Waals surface area (Å²) in [6.07, 6.45) is 0.661. The van der Waals surface area contributed by atoms with E-state index in [4.69, 9.17) is 16.3 Å². The van der Waals surface area contributed by atoms with Crippen LogP contribution in [-0.4, -0.2) is 32.4 Å². The Morgan fingerprint density at radius 2 is 1.95 bits per heavy atom. The van der Waals surface area contributed by atoms with Crippen molar-refractivity contribution >= 4 is 21.4 Å². The van der Waals surface area contributed by atoms with Crippen LogP contribution in [-0.2, 0) is 9.84 Å². The van der Waals surface area contributed by atoms with E-state index in [-0.39, 0.29) is 18.1 Å². The predicted octanol–water partition coefficient (Wildman–Crippen LogP) is 2.48. The number of hydrogen-bond acceptors (Lipinski definition) is 3. The Hall–Kier alpha value is -1.18. The summed E-state index contributed by atoms with van der Waals surface area (Å²) in [6, 6.07) is 7.24. The normalized spacial score (nSPS) is 10.6. The molecule has 0 fully saturated rings. The first-order chi connectivity index (χ1) is 9.07. The molecule has 0 saturated heterocycles. The molecule has 0 aliphatic rings. The van der Waals surface area contributed by atoms with Crippen molar-refractivity contribution in [3.63, 3.8) is 0 Å². The van der Waals surface area contributed by atoms with Gasteiger partial charge in [0.2, 0.25) is 0 Å². The van der Waals surface area contributed by atoms with E-state index in [0.717, 1.165) is 5.56 Å². The third-order valence-electron chi connectivity index (χ3n) is 2.41. The van der Waals surface area contributed by atoms with Crippen LogP contribution in [0.25, 0.3) is 0 Å². The van der Waals surface area contributed by atoms with Gasteiger partial charge in [0.25, 0.3) is 0 Å². The second-order valence-electron chi connectivity index (χ2n) is 3.85. The minimum absolute atomic E-state index is 0.0424. The van der Waals surface area contributed by atoms with Crippen LogP contribution in [0, 0.1) is 11.8 Å². The fraction of sp³-hybridized carbons (Fsp3) is 0.429. The molecule has 1 aromatic carbocycles. The lowest BCUT2D eigenvalue weighted by molar-refractivity contribution is 0.341. The number of rotatable bonds is 6. The molecule has 0 radical (unpaired) electrons. The fourth-order valence-corrected chi connectivity index (χ4v) is 2.00. The van der Waals surface area contributed by atoms with Crippen molar-refractivity contribution < 1.29 is 13.2 Å². The van der Waals surface area contributed by atoms with Gasteiger partial charge in [0.15, 0.2) is 9.84 Å². The highest BCUT2D eigenvalue weighted by Crippen LogP contribution is 2.11. The first kappa shape index (κ1) is 15.9. The van der Waals surface area contributed by atoms with Crippen LogP contribution < -0.4 is 4.74 Å². The lowest BCUT2D eigenvalue weighted by Crippen LogP contribution is -2.15. The third-order valence-corrected chi connectivity index (χ3v) is 4.27. The lowest BCUT2D eigenvalue weighted by Gasteiger charge is -2.05. The van der Waals surface area contributed by atoms with E-state index in [0.29, 0.717) is 18.1 Å². The topological polar surface area (TPSA) is 43.4 Å². The van der Waals surface area contributed by atoms with Gasteiger partial charge in [-0.05, 0) is 24.3 Å². The van der Waals surface area contributed by atoms with Crippen molar-refractivity contribution in [1.29, 1.82) is 0 Å². The molecule has 0 unspecified atom stereocenters. The Balaban J connectivity index is 2.47. The van der Waals surface area contributed by atoms with Gasteiger partial charge in [-0.25, -0.2) is 8.42 Å². The molecule has 3 nitrogen and oxygen atoms in total. The van der Waals surface area contributed by atoms with Crippen LogP contribution in [0.2, 0.25) is 0 Å². The maximum Gasteiger partial charge on any atom is 0.153 e. The zero-order valence-electron chi connectivity index (χ0n) is 10.9. The van der Waals surface area contributed by atoms with Crippen LogP contribution in [0.5, 0.6) is 5.75 Å². The standard InChI is InChI=1S/C14H17ClO3S/c1-2-19(16,17)12-11-18-14-8-6-13(7-9-14)5-3-4-10-15/h6-9H,2,4,10-12H2,1H3. The molecule has 0 bridgehead atoms. The molecule has 0 spiro atoms. The van der Waals surface area contributed by atoms with Gasteiger partial charge in [-0.1, -0.05) is 18.8 Å². The second-order valence-corrected chi connectivity index (χ2v) is 6.70. The zero-order valence-corrected chi connectivity index (χ0v) is 12.4. The molecule has 5 heteroatoms. The van der Waals surface area contributed by atoms with Crippen molar-refractivity contribution in [3.8, 4) is 17.6 Å². The average Bonchev–Trinajstić information content (AvgIpc) is 2.41. The number of halogens is 1. The van der Waals surface area contributed by atoms with Gasteiger partial charge < -0.3 is 4.74 Å². The maximum absolute atomic E-state index is 11.3. The predicted molar refractivity (Wildman–Crippen MR) is 78.5 cm³/mol. The smallest absolute Gasteiger partial charge is 0.153 e. The highest BCUT2D eigenvalue weighted by molar-refractivity contribution is 7.91. The molecule has 0 heterocycles. The quantitative estimate of drug-likeness (QED) is 0.599. The lowest BCUT2D eigenvalue weighted by atomic mass is 10.2. The second kappa shape index (κ2) is 8.08. The molecule has 0 atom stereocenters. The van der Waals surface area contributed by atoms with Gasteiger partial charge in [0, 0.05) is 23.6 Å². The SMILES string of the molecule is CCS(=O)(=O)CCOc1ccc(C#CCCCl)cc1. The highest BCUT2D eigenvalue weighted by Gasteiger charge is 2.07. The number of benzene rings is 1. The zero-order chi connectivity index (χ0) is 14.1. The summed E-state index contributed by atoms with van der Waals surface area (Å²) >= 11 is 5.53. The third kappa shape index (κ3) is 6.51. The van der Waals surface area contributed by atoms with E-state index >= 15 is 0 Å². The molecule has 19 heavy (non-hydrogen) atoms. The monoisotopic (exact) mass is 300 g/mol. The molecule has 104 valence electrons. The van der Waals surface area contributed by atoms with Crippen LogP contribution in [0.1, 0.15) is 18.9 Å². The molecule has 1 aromatic rings. The first-order valence-corrected chi connectivity index (χ1v) is 8.41. The number of ether oxygens (including phenoxy) is 1. The van der Waals surface area contributed by atoms with Gasteiger partial charge in [-0.3, -0.25) is 0 Å². The Kier molecular flexibility index (Phi) is 6.75. The minimum Gasteiger partial charge on any atom is -0.493 e. The Morgan fingerprint density at radius 1 is 1.26 bits per heavy atom. The van der Waals surface area contributed by atoms with E-state index in [1.165, 1.54) is 0 Å². The molecule has 0 aliphatic heterocycles. The van der Waals surface area contributed by atoms with E-state index in [1.54, 1.807) is 19.1 Å². The summed E-state index contributed by atoms with van der Waals surface area (Å²) in [5, 5.41) is 0. The Labute approximate surface area is 119 Å². The van der Waals surface area contributed by atoms with Crippen molar-refractivity contribution in [2.24, 2.45) is 0 Å². The highest BCUT2D eigenvalue weighted by atomic mass is 35.5. The van der Waals surface area contributed by atoms with E-state index < -0.39 is 9.84 Å². The van der Waals surface area contributed by atoms with Crippen LogP contribution in [0.3, 0.4) is 0 Å². The summed E-state index contributed by atoms with van der Waals surface area (Å²) < 4.78 is 27.9. The summed E-state index contributed by atoms with van der Waals surface area (Å²) in [5.41, 5.74) is 0.888. The number of hydrogen-bond donors (Lipinski definition) is 0. The van der Waals surface area contributed by atoms with Crippen LogP contribution >= 0.6 is 11.6 Å². The largest absolute Gasteiger partial charge is 0.493 e. The van der Waals surface area contributed by atoms with E-state index in [9.17, 15) is 8.42 Å². The van der Waals surface area contributed by atoms with E-state index in [1.807, 2.05) is 12.1 Å². The Morgan fingerprint density at radius 3 is 2.53 bits per heavy atom. The fourth-order valence-electron chi connectivity index (χ4n) is 1.28. The maximum atomic E-state index is 11.3. The van der Waals surface area contributed by atoms with Gasteiger partial charge in [-0.15, -0.1) is 11.6 Å². The summed E-state index contributed by atoms with van der Waals surface area (Å²) in [4.78, 5) is 0. The summed E-state index contributed by atoms with van der Waals surface area (Å²) in [7, 11) is -2.97. The number of alkyl halides is 1. The van der Waals surface area contributed by atoms with Crippen molar-refractivity contribution in [1.82, 2.24) is 0 Å². The average molecular weight is 301 g/mol. The van der Waals surface area contributed by atoms with Crippen molar-refractivity contribution in [2.75, 3.05) is 24.0 Å². The molecule has 0 N–H and O–H groups in total. The van der Waals surface area contributed by atoms with Crippen LogP contribution in [0.15, 0.2) is 24.3 Å². The van der Waals surface area contributed by atoms with Crippen LogP contribution in [0.4, 0.5) is 0 Å². The molecule has 0 saturated carbocycles. The molecule has 0 amide bonds. The molecule has 0 aromatic heterocycles. The van der Waals surface area contributed by atoms with Gasteiger partial charge in [0.05, 0.1) is 5.75 Å². The molecule has 1 rings (SSSR count). The number of sulfone groups is 1. The summed E-state index contributed by atoms with van der Waals surface area (Å²) in [6.45, 7) is 1.80. The Bertz CT molecular complexity index is 538. The minimum atomic E-state index is -2.97. The van der Waals surface area contributed by atoms with Crippen molar-refractivity contribution in [2.45, 2.75) is 13.3 Å². The van der Waals surface area contributed by atoms with Gasteiger partial charge in [-0.2, -0.15) is 0 Å². The van der Waals surface area contributed by atoms with Gasteiger partial charge in [0.1, 0.15) is 12.4 Å². The van der Waals surface area contributed by atoms with Crippen molar-refractivity contribution in [3.05, 3.63) is 29.8 Å². The first-order valence-electron chi connectivity index (χ1n) is 6.05.